The van der Waals surface area contributed by atoms with Crippen molar-refractivity contribution in [3.05, 3.63) is 12.3 Å². The van der Waals surface area contributed by atoms with Crippen molar-refractivity contribution in [3.63, 3.8) is 0 Å². The first kappa shape index (κ1) is 13.1. The predicted octanol–water partition coefficient (Wildman–Crippen LogP) is 2.10. The Kier molecular flexibility index (Phi) is 5.38. The second-order valence-corrected chi connectivity index (χ2v) is 4.59. The maximum absolute atomic E-state index is 4.46. The predicted molar refractivity (Wildman–Crippen MR) is 72.4 cm³/mol. The zero-order valence-corrected chi connectivity index (χ0v) is 11.2. The van der Waals surface area contributed by atoms with Crippen LogP contribution in [0.4, 0.5) is 11.8 Å². The molecule has 1 atom stereocenters. The molecule has 1 aromatic heterocycles. The van der Waals surface area contributed by atoms with Crippen LogP contribution in [0, 0.1) is 0 Å². The summed E-state index contributed by atoms with van der Waals surface area (Å²) in [5, 5.41) is 3.12. The average molecular weight is 240 g/mol. The Bertz CT molecular complexity index is 319. The first-order chi connectivity index (χ1) is 7.69. The summed E-state index contributed by atoms with van der Waals surface area (Å²) < 4.78 is 0. The number of hydrogen-bond acceptors (Lipinski definition) is 5. The van der Waals surface area contributed by atoms with Gasteiger partial charge in [-0.25, -0.2) is 4.98 Å². The van der Waals surface area contributed by atoms with Crippen molar-refractivity contribution in [2.75, 3.05) is 35.8 Å². The van der Waals surface area contributed by atoms with E-state index >= 15 is 0 Å². The lowest BCUT2D eigenvalue weighted by Gasteiger charge is -2.25. The highest BCUT2D eigenvalue weighted by atomic mass is 32.2. The van der Waals surface area contributed by atoms with Crippen molar-refractivity contribution in [1.82, 2.24) is 9.97 Å². The second kappa shape index (κ2) is 6.58. The van der Waals surface area contributed by atoms with Crippen molar-refractivity contribution in [2.24, 2.45) is 0 Å². The Balaban J connectivity index is 2.74. The maximum Gasteiger partial charge on any atom is 0.224 e. The summed E-state index contributed by atoms with van der Waals surface area (Å²) in [4.78, 5) is 10.8. The van der Waals surface area contributed by atoms with Crippen LogP contribution in [0.2, 0.25) is 0 Å². The van der Waals surface area contributed by atoms with E-state index in [4.69, 9.17) is 0 Å². The van der Waals surface area contributed by atoms with Crippen LogP contribution in [0.5, 0.6) is 0 Å². The van der Waals surface area contributed by atoms with Crippen LogP contribution < -0.4 is 10.2 Å². The number of nitrogens with one attached hydrogen (secondary N) is 1. The van der Waals surface area contributed by atoms with Crippen LogP contribution in [0.15, 0.2) is 12.3 Å². The number of rotatable bonds is 6. The SMILES string of the molecule is CCNc1nccc(N(C)C(C)CSC)n1. The summed E-state index contributed by atoms with van der Waals surface area (Å²) in [6.45, 7) is 5.08. The van der Waals surface area contributed by atoms with Crippen molar-refractivity contribution in [1.29, 1.82) is 0 Å². The van der Waals surface area contributed by atoms with Crippen LogP contribution in [-0.2, 0) is 0 Å². The highest BCUT2D eigenvalue weighted by molar-refractivity contribution is 7.98. The van der Waals surface area contributed by atoms with E-state index in [1.807, 2.05) is 24.8 Å². The van der Waals surface area contributed by atoms with E-state index < -0.39 is 0 Å². The first-order valence-electron chi connectivity index (χ1n) is 5.47. The van der Waals surface area contributed by atoms with Gasteiger partial charge in [0.15, 0.2) is 0 Å². The summed E-state index contributed by atoms with van der Waals surface area (Å²) in [7, 11) is 2.07. The highest BCUT2D eigenvalue weighted by Crippen LogP contribution is 2.14. The molecule has 1 N–H and O–H groups in total. The molecule has 0 radical (unpaired) electrons. The van der Waals surface area contributed by atoms with Gasteiger partial charge in [0.25, 0.3) is 0 Å². The minimum Gasteiger partial charge on any atom is -0.356 e. The average Bonchev–Trinajstić information content (AvgIpc) is 2.29. The second-order valence-electron chi connectivity index (χ2n) is 3.68. The van der Waals surface area contributed by atoms with Gasteiger partial charge in [-0.3, -0.25) is 0 Å². The maximum atomic E-state index is 4.46. The number of thioether (sulfide) groups is 1. The molecule has 1 heterocycles. The topological polar surface area (TPSA) is 41.1 Å². The zero-order valence-electron chi connectivity index (χ0n) is 10.4. The molecule has 1 unspecified atom stereocenters. The molecule has 1 aromatic rings. The lowest BCUT2D eigenvalue weighted by Crippen LogP contribution is -2.31. The third-order valence-electron chi connectivity index (χ3n) is 2.41. The molecular weight excluding hydrogens is 220 g/mol. The fourth-order valence-corrected chi connectivity index (χ4v) is 2.07. The van der Waals surface area contributed by atoms with Crippen LogP contribution in [0.3, 0.4) is 0 Å². The van der Waals surface area contributed by atoms with E-state index in [1.165, 1.54) is 0 Å². The molecule has 16 heavy (non-hydrogen) atoms. The molecule has 0 aromatic carbocycles. The molecule has 0 spiro atoms. The van der Waals surface area contributed by atoms with E-state index in [-0.39, 0.29) is 0 Å². The first-order valence-corrected chi connectivity index (χ1v) is 6.87. The third-order valence-corrected chi connectivity index (χ3v) is 3.22. The molecular formula is C11H20N4S. The summed E-state index contributed by atoms with van der Waals surface area (Å²) in [5.41, 5.74) is 0. The molecule has 0 saturated carbocycles. The highest BCUT2D eigenvalue weighted by Gasteiger charge is 2.11. The fourth-order valence-electron chi connectivity index (χ4n) is 1.37. The number of hydrogen-bond donors (Lipinski definition) is 1. The van der Waals surface area contributed by atoms with Crippen molar-refractivity contribution < 1.29 is 0 Å². The standard InChI is InChI=1S/C11H20N4S/c1-5-12-11-13-7-6-10(14-11)15(3)9(2)8-16-4/h6-7,9H,5,8H2,1-4H3,(H,12,13,14). The van der Waals surface area contributed by atoms with E-state index in [0.717, 1.165) is 18.1 Å². The van der Waals surface area contributed by atoms with Gasteiger partial charge in [-0.2, -0.15) is 16.7 Å². The van der Waals surface area contributed by atoms with E-state index in [1.54, 1.807) is 6.20 Å². The zero-order chi connectivity index (χ0) is 12.0. The van der Waals surface area contributed by atoms with Crippen LogP contribution >= 0.6 is 11.8 Å². The molecule has 1 rings (SSSR count). The molecule has 0 aliphatic rings. The molecule has 0 saturated heterocycles. The molecule has 5 heteroatoms. The molecule has 4 nitrogen and oxygen atoms in total. The number of anilines is 2. The monoisotopic (exact) mass is 240 g/mol. The summed E-state index contributed by atoms with van der Waals surface area (Å²) in [6.07, 6.45) is 3.91. The third kappa shape index (κ3) is 3.56. The minimum atomic E-state index is 0.472. The van der Waals surface area contributed by atoms with Crippen molar-refractivity contribution in [3.8, 4) is 0 Å². The van der Waals surface area contributed by atoms with Crippen molar-refractivity contribution in [2.45, 2.75) is 19.9 Å². The molecule has 0 amide bonds. The smallest absolute Gasteiger partial charge is 0.224 e. The van der Waals surface area contributed by atoms with Gasteiger partial charge in [0.2, 0.25) is 5.95 Å². The Hall–Kier alpha value is -0.970. The van der Waals surface area contributed by atoms with Crippen LogP contribution in [-0.4, -0.2) is 41.6 Å². The molecule has 90 valence electrons. The van der Waals surface area contributed by atoms with Crippen LogP contribution in [0.1, 0.15) is 13.8 Å². The van der Waals surface area contributed by atoms with Gasteiger partial charge in [0.1, 0.15) is 5.82 Å². The molecule has 0 aliphatic heterocycles. The van der Waals surface area contributed by atoms with Gasteiger partial charge in [0.05, 0.1) is 0 Å². The van der Waals surface area contributed by atoms with Gasteiger partial charge < -0.3 is 10.2 Å². The summed E-state index contributed by atoms with van der Waals surface area (Å²) >= 11 is 1.85. The lowest BCUT2D eigenvalue weighted by atomic mass is 10.3. The van der Waals surface area contributed by atoms with Crippen molar-refractivity contribution >= 4 is 23.5 Å². The quantitative estimate of drug-likeness (QED) is 0.824. The minimum absolute atomic E-state index is 0.472. The molecule has 0 bridgehead atoms. The van der Waals surface area contributed by atoms with Gasteiger partial charge in [-0.1, -0.05) is 0 Å². The number of aromatic nitrogens is 2. The summed E-state index contributed by atoms with van der Waals surface area (Å²) in [5.74, 6) is 2.76. The Morgan fingerprint density at radius 1 is 1.56 bits per heavy atom. The normalized spacial score (nSPS) is 12.2. The van der Waals surface area contributed by atoms with Gasteiger partial charge in [-0.05, 0) is 26.2 Å². The van der Waals surface area contributed by atoms with Gasteiger partial charge in [0, 0.05) is 31.6 Å². The molecule has 0 aliphatic carbocycles. The van der Waals surface area contributed by atoms with E-state index in [0.29, 0.717) is 12.0 Å². The van der Waals surface area contributed by atoms with Crippen LogP contribution in [0.25, 0.3) is 0 Å². The molecule has 0 fully saturated rings. The fraction of sp³-hybridized carbons (Fsp3) is 0.636. The lowest BCUT2D eigenvalue weighted by molar-refractivity contribution is 0.752. The summed E-state index contributed by atoms with van der Waals surface area (Å²) in [6, 6.07) is 2.41. The van der Waals surface area contributed by atoms with Gasteiger partial charge in [-0.15, -0.1) is 0 Å². The van der Waals surface area contributed by atoms with E-state index in [9.17, 15) is 0 Å². The van der Waals surface area contributed by atoms with E-state index in [2.05, 4.69) is 40.4 Å². The van der Waals surface area contributed by atoms with Gasteiger partial charge >= 0.3 is 0 Å². The largest absolute Gasteiger partial charge is 0.356 e. The Labute approximate surface area is 102 Å². The number of nitrogens with zero attached hydrogens (tertiary/aromatic N) is 3. The Morgan fingerprint density at radius 2 is 2.31 bits per heavy atom. The Morgan fingerprint density at radius 3 is 2.94 bits per heavy atom.